The number of nitrogens with one attached hydrogen (secondary N) is 2. The van der Waals surface area contributed by atoms with Crippen molar-refractivity contribution >= 4 is 35.9 Å². The van der Waals surface area contributed by atoms with Crippen LogP contribution in [-0.4, -0.2) is 30.6 Å². The number of guanidine groups is 1. The third kappa shape index (κ3) is 8.83. The van der Waals surface area contributed by atoms with E-state index in [9.17, 15) is 4.79 Å². The molecule has 0 spiro atoms. The van der Waals surface area contributed by atoms with E-state index in [1.54, 1.807) is 0 Å². The van der Waals surface area contributed by atoms with E-state index in [2.05, 4.69) is 15.6 Å². The molecule has 6 nitrogen and oxygen atoms in total. The zero-order chi connectivity index (χ0) is 16.8. The zero-order valence-electron chi connectivity index (χ0n) is 14.7. The topological polar surface area (TPSA) is 75.9 Å². The number of esters is 1. The summed E-state index contributed by atoms with van der Waals surface area (Å²) in [4.78, 5) is 16.0. The van der Waals surface area contributed by atoms with Gasteiger partial charge in [0.05, 0.1) is 6.04 Å². The second-order valence-electron chi connectivity index (χ2n) is 6.10. The van der Waals surface area contributed by atoms with E-state index in [4.69, 9.17) is 9.15 Å². The Morgan fingerprint density at radius 2 is 2.04 bits per heavy atom. The molecule has 0 fully saturated rings. The van der Waals surface area contributed by atoms with E-state index in [1.165, 1.54) is 0 Å². The quantitative estimate of drug-likeness (QED) is 0.320. The normalized spacial score (nSPS) is 13.0. The van der Waals surface area contributed by atoms with Crippen LogP contribution in [0, 0.1) is 6.92 Å². The molecule has 0 radical (unpaired) electrons. The molecule has 1 unspecified atom stereocenters. The Morgan fingerprint density at radius 1 is 1.39 bits per heavy atom. The molecule has 2 N–H and O–H groups in total. The van der Waals surface area contributed by atoms with Gasteiger partial charge in [-0.3, -0.25) is 4.79 Å². The number of rotatable bonds is 5. The van der Waals surface area contributed by atoms with Crippen LogP contribution in [0.15, 0.2) is 21.5 Å². The number of furan rings is 1. The molecule has 132 valence electrons. The van der Waals surface area contributed by atoms with Gasteiger partial charge in [0.15, 0.2) is 5.96 Å². The smallest absolute Gasteiger partial charge is 0.328 e. The van der Waals surface area contributed by atoms with Crippen LogP contribution in [0.25, 0.3) is 0 Å². The molecule has 1 rings (SSSR count). The minimum absolute atomic E-state index is 0. The zero-order valence-corrected chi connectivity index (χ0v) is 17.1. The molecule has 0 bridgehead atoms. The number of hydrogen-bond donors (Lipinski definition) is 2. The molecule has 0 aliphatic rings. The fourth-order valence-electron chi connectivity index (χ4n) is 1.80. The van der Waals surface area contributed by atoms with Gasteiger partial charge in [0, 0.05) is 6.54 Å². The fourth-order valence-corrected chi connectivity index (χ4v) is 1.80. The highest BCUT2D eigenvalue weighted by Crippen LogP contribution is 2.15. The molecular weight excluding hydrogens is 409 g/mol. The second kappa shape index (κ2) is 9.79. The predicted molar refractivity (Wildman–Crippen MR) is 102 cm³/mol. The van der Waals surface area contributed by atoms with Crippen LogP contribution in [0.2, 0.25) is 0 Å². The maximum absolute atomic E-state index is 11.7. The number of aryl methyl sites for hydroxylation is 1. The standard InChI is InChI=1S/C16H27N3O3.HI/c1-7-17-15(18-10-14(20)22-16(4,5)6)19-12(3)13-9-8-11(2)21-13;/h8-9,12H,7,10H2,1-6H3,(H2,17,18,19);1H. The van der Waals surface area contributed by atoms with Crippen molar-refractivity contribution in [2.75, 3.05) is 13.1 Å². The molecule has 0 saturated heterocycles. The van der Waals surface area contributed by atoms with E-state index < -0.39 is 5.60 Å². The van der Waals surface area contributed by atoms with Crippen molar-refractivity contribution in [1.29, 1.82) is 0 Å². The van der Waals surface area contributed by atoms with Gasteiger partial charge in [-0.2, -0.15) is 0 Å². The molecule has 1 heterocycles. The van der Waals surface area contributed by atoms with Crippen molar-refractivity contribution in [1.82, 2.24) is 10.6 Å². The maximum atomic E-state index is 11.7. The van der Waals surface area contributed by atoms with Gasteiger partial charge in [0.25, 0.3) is 0 Å². The van der Waals surface area contributed by atoms with Crippen LogP contribution < -0.4 is 10.6 Å². The summed E-state index contributed by atoms with van der Waals surface area (Å²) >= 11 is 0. The maximum Gasteiger partial charge on any atom is 0.328 e. The van der Waals surface area contributed by atoms with E-state index >= 15 is 0 Å². The first-order valence-corrected chi connectivity index (χ1v) is 7.54. The van der Waals surface area contributed by atoms with Gasteiger partial charge in [-0.1, -0.05) is 0 Å². The second-order valence-corrected chi connectivity index (χ2v) is 6.10. The molecule has 0 amide bonds. The predicted octanol–water partition coefficient (Wildman–Crippen LogP) is 3.16. The molecule has 1 aromatic heterocycles. The van der Waals surface area contributed by atoms with E-state index in [-0.39, 0.29) is 42.5 Å². The van der Waals surface area contributed by atoms with Gasteiger partial charge in [0.2, 0.25) is 0 Å². The third-order valence-electron chi connectivity index (χ3n) is 2.67. The Morgan fingerprint density at radius 3 is 2.52 bits per heavy atom. The molecule has 0 aliphatic heterocycles. The van der Waals surface area contributed by atoms with Crippen molar-refractivity contribution in [3.63, 3.8) is 0 Å². The first-order chi connectivity index (χ1) is 10.2. The number of nitrogens with zero attached hydrogens (tertiary/aromatic N) is 1. The Bertz CT molecular complexity index is 521. The Balaban J connectivity index is 0.00000484. The van der Waals surface area contributed by atoms with Gasteiger partial charge in [-0.15, -0.1) is 24.0 Å². The summed E-state index contributed by atoms with van der Waals surface area (Å²) in [6.45, 7) is 12.0. The van der Waals surface area contributed by atoms with Crippen LogP contribution in [0.1, 0.15) is 52.2 Å². The molecule has 7 heteroatoms. The molecule has 0 saturated carbocycles. The van der Waals surface area contributed by atoms with E-state index in [0.29, 0.717) is 12.5 Å². The lowest BCUT2D eigenvalue weighted by Crippen LogP contribution is -2.39. The lowest BCUT2D eigenvalue weighted by atomic mass is 10.2. The largest absolute Gasteiger partial charge is 0.464 e. The summed E-state index contributed by atoms with van der Waals surface area (Å²) in [6.07, 6.45) is 0. The first-order valence-electron chi connectivity index (χ1n) is 7.54. The van der Waals surface area contributed by atoms with Crippen LogP contribution in [0.5, 0.6) is 0 Å². The minimum atomic E-state index is -0.503. The molecule has 1 atom stereocenters. The highest BCUT2D eigenvalue weighted by Gasteiger charge is 2.16. The molecule has 23 heavy (non-hydrogen) atoms. The number of halogens is 1. The SMILES string of the molecule is CCNC(=NCC(=O)OC(C)(C)C)NC(C)c1ccc(C)o1.I. The summed E-state index contributed by atoms with van der Waals surface area (Å²) in [5.74, 6) is 1.88. The van der Waals surface area contributed by atoms with Crippen molar-refractivity contribution < 1.29 is 13.9 Å². The van der Waals surface area contributed by atoms with Gasteiger partial charge in [-0.05, 0) is 53.7 Å². The van der Waals surface area contributed by atoms with E-state index in [0.717, 1.165) is 11.5 Å². The minimum Gasteiger partial charge on any atom is -0.464 e. The average Bonchev–Trinajstić information content (AvgIpc) is 2.81. The monoisotopic (exact) mass is 437 g/mol. The van der Waals surface area contributed by atoms with Crippen molar-refractivity contribution in [2.24, 2.45) is 4.99 Å². The summed E-state index contributed by atoms with van der Waals surface area (Å²) in [5, 5.41) is 6.30. The van der Waals surface area contributed by atoms with E-state index in [1.807, 2.05) is 53.7 Å². The number of ether oxygens (including phenoxy) is 1. The van der Waals surface area contributed by atoms with Crippen molar-refractivity contribution in [2.45, 2.75) is 53.2 Å². The summed E-state index contributed by atoms with van der Waals surface area (Å²) in [5.41, 5.74) is -0.503. The number of carbonyl (C=O) groups is 1. The van der Waals surface area contributed by atoms with Crippen LogP contribution in [0.3, 0.4) is 0 Å². The van der Waals surface area contributed by atoms with Crippen molar-refractivity contribution in [3.8, 4) is 0 Å². The van der Waals surface area contributed by atoms with Gasteiger partial charge >= 0.3 is 5.97 Å². The Kier molecular flexibility index (Phi) is 9.26. The first kappa shape index (κ1) is 21.8. The average molecular weight is 437 g/mol. The molecule has 0 aliphatic carbocycles. The number of carbonyl (C=O) groups excluding carboxylic acids is 1. The van der Waals surface area contributed by atoms with Gasteiger partial charge in [0.1, 0.15) is 23.7 Å². The number of aliphatic imine (C=N–C) groups is 1. The lowest BCUT2D eigenvalue weighted by Gasteiger charge is -2.19. The Labute approximate surface area is 155 Å². The van der Waals surface area contributed by atoms with Gasteiger partial charge < -0.3 is 19.8 Å². The Hall–Kier alpha value is -1.25. The highest BCUT2D eigenvalue weighted by atomic mass is 127. The molecule has 1 aromatic rings. The summed E-state index contributed by atoms with van der Waals surface area (Å²) < 4.78 is 10.8. The summed E-state index contributed by atoms with van der Waals surface area (Å²) in [6, 6.07) is 3.79. The molecule has 0 aromatic carbocycles. The summed E-state index contributed by atoms with van der Waals surface area (Å²) in [7, 11) is 0. The van der Waals surface area contributed by atoms with Gasteiger partial charge in [-0.25, -0.2) is 4.99 Å². The van der Waals surface area contributed by atoms with Crippen LogP contribution in [-0.2, 0) is 9.53 Å². The van der Waals surface area contributed by atoms with Crippen LogP contribution in [0.4, 0.5) is 0 Å². The lowest BCUT2D eigenvalue weighted by molar-refractivity contribution is -0.152. The van der Waals surface area contributed by atoms with Crippen LogP contribution >= 0.6 is 24.0 Å². The highest BCUT2D eigenvalue weighted by molar-refractivity contribution is 14.0. The number of hydrogen-bond acceptors (Lipinski definition) is 4. The fraction of sp³-hybridized carbons (Fsp3) is 0.625. The van der Waals surface area contributed by atoms with Crippen molar-refractivity contribution in [3.05, 3.63) is 23.7 Å². The molecular formula is C16H28IN3O3. The third-order valence-corrected chi connectivity index (χ3v) is 2.67.